The highest BCUT2D eigenvalue weighted by molar-refractivity contribution is 6.30. The Kier molecular flexibility index (Phi) is 3.46. The summed E-state index contributed by atoms with van der Waals surface area (Å²) in [5.74, 6) is -0.443. The van der Waals surface area contributed by atoms with Crippen LogP contribution in [-0.2, 0) is 9.59 Å². The first kappa shape index (κ1) is 14.3. The van der Waals surface area contributed by atoms with Crippen molar-refractivity contribution in [3.05, 3.63) is 47.6 Å². The molecule has 1 aromatic carbocycles. The summed E-state index contributed by atoms with van der Waals surface area (Å²) in [4.78, 5) is 28.6. The van der Waals surface area contributed by atoms with Crippen LogP contribution in [0.4, 0.5) is 11.5 Å². The maximum atomic E-state index is 12.4. The highest BCUT2D eigenvalue weighted by Crippen LogP contribution is 2.33. The van der Waals surface area contributed by atoms with Gasteiger partial charge in [0.1, 0.15) is 11.6 Å². The summed E-state index contributed by atoms with van der Waals surface area (Å²) in [6, 6.07) is 10.0. The molecule has 0 saturated heterocycles. The molecule has 1 aromatic heterocycles. The lowest BCUT2D eigenvalue weighted by Crippen LogP contribution is -2.56. The summed E-state index contributed by atoms with van der Waals surface area (Å²) >= 11 is 5.74. The van der Waals surface area contributed by atoms with Gasteiger partial charge in [0.15, 0.2) is 0 Å². The molecule has 2 amide bonds. The molecule has 6 nitrogen and oxygen atoms in total. The summed E-state index contributed by atoms with van der Waals surface area (Å²) in [6.45, 7) is 1.41. The van der Waals surface area contributed by atoms with Crippen LogP contribution in [0.3, 0.4) is 0 Å². The first-order chi connectivity index (χ1) is 10.5. The Hall–Kier alpha value is -2.60. The van der Waals surface area contributed by atoms with Crippen molar-refractivity contribution in [1.82, 2.24) is 4.98 Å². The van der Waals surface area contributed by atoms with Crippen molar-refractivity contribution < 1.29 is 14.3 Å². The van der Waals surface area contributed by atoms with Gasteiger partial charge in [-0.2, -0.15) is 0 Å². The van der Waals surface area contributed by atoms with E-state index < -0.39 is 17.4 Å². The Morgan fingerprint density at radius 2 is 2.09 bits per heavy atom. The van der Waals surface area contributed by atoms with Gasteiger partial charge in [-0.25, -0.2) is 4.98 Å². The summed E-state index contributed by atoms with van der Waals surface area (Å²) in [5.41, 5.74) is -1.15. The van der Waals surface area contributed by atoms with Crippen molar-refractivity contribution in [1.29, 1.82) is 0 Å². The average Bonchev–Trinajstić information content (AvgIpc) is 2.50. The van der Waals surface area contributed by atoms with Crippen molar-refractivity contribution in [3.63, 3.8) is 0 Å². The standard InChI is InChI=1S/C15H12ClN3O3/c1-15(14(21)19-12-7-6-9(16)8-17-12)13(20)18-10-4-2-3-5-11(10)22-15/h2-8H,1H3,(H,18,20)(H,17,19,21). The van der Waals surface area contributed by atoms with Gasteiger partial charge in [-0.3, -0.25) is 9.59 Å². The Bertz CT molecular complexity index is 748. The lowest BCUT2D eigenvalue weighted by Gasteiger charge is -2.33. The Balaban J connectivity index is 1.85. The van der Waals surface area contributed by atoms with Crippen LogP contribution in [0.5, 0.6) is 5.75 Å². The van der Waals surface area contributed by atoms with Gasteiger partial charge in [0.2, 0.25) is 0 Å². The van der Waals surface area contributed by atoms with Crippen molar-refractivity contribution >= 4 is 34.9 Å². The average molecular weight is 318 g/mol. The van der Waals surface area contributed by atoms with Crippen LogP contribution in [-0.4, -0.2) is 22.4 Å². The van der Waals surface area contributed by atoms with Gasteiger partial charge in [0.05, 0.1) is 10.7 Å². The third kappa shape index (κ3) is 2.48. The minimum Gasteiger partial charge on any atom is -0.466 e. The van der Waals surface area contributed by atoms with E-state index in [2.05, 4.69) is 15.6 Å². The largest absolute Gasteiger partial charge is 0.466 e. The lowest BCUT2D eigenvalue weighted by atomic mass is 10.0. The number of anilines is 2. The SMILES string of the molecule is CC1(C(=O)Nc2ccc(Cl)cn2)Oc2ccccc2NC1=O. The quantitative estimate of drug-likeness (QED) is 0.834. The van der Waals surface area contributed by atoms with Crippen molar-refractivity contribution in [2.75, 3.05) is 10.6 Å². The molecule has 1 unspecified atom stereocenters. The van der Waals surface area contributed by atoms with E-state index in [4.69, 9.17) is 16.3 Å². The predicted molar refractivity (Wildman–Crippen MR) is 82.0 cm³/mol. The second-order valence-electron chi connectivity index (χ2n) is 4.90. The minimum atomic E-state index is -1.68. The Labute approximate surface area is 131 Å². The number of halogens is 1. The molecule has 1 aliphatic rings. The third-order valence-electron chi connectivity index (χ3n) is 3.28. The van der Waals surface area contributed by atoms with E-state index in [1.807, 2.05) is 0 Å². The molecule has 0 saturated carbocycles. The minimum absolute atomic E-state index is 0.283. The number of nitrogens with zero attached hydrogens (tertiary/aromatic N) is 1. The molecule has 7 heteroatoms. The molecule has 2 N–H and O–H groups in total. The molecule has 0 fully saturated rings. The van der Waals surface area contributed by atoms with Gasteiger partial charge in [-0.05, 0) is 31.2 Å². The van der Waals surface area contributed by atoms with E-state index >= 15 is 0 Å². The molecule has 1 aliphatic heterocycles. The van der Waals surface area contributed by atoms with Gasteiger partial charge in [-0.15, -0.1) is 0 Å². The highest BCUT2D eigenvalue weighted by atomic mass is 35.5. The number of nitrogens with one attached hydrogen (secondary N) is 2. The molecular formula is C15H12ClN3O3. The monoisotopic (exact) mass is 317 g/mol. The van der Waals surface area contributed by atoms with Gasteiger partial charge in [0.25, 0.3) is 17.4 Å². The third-order valence-corrected chi connectivity index (χ3v) is 3.51. The zero-order chi connectivity index (χ0) is 15.7. The number of hydrogen-bond acceptors (Lipinski definition) is 4. The molecule has 2 heterocycles. The van der Waals surface area contributed by atoms with E-state index in [-0.39, 0.29) is 5.82 Å². The zero-order valence-electron chi connectivity index (χ0n) is 11.6. The molecule has 112 valence electrons. The Morgan fingerprint density at radius 1 is 1.32 bits per heavy atom. The van der Waals surface area contributed by atoms with Crippen molar-refractivity contribution in [3.8, 4) is 5.75 Å². The van der Waals surface area contributed by atoms with Gasteiger partial charge in [-0.1, -0.05) is 23.7 Å². The first-order valence-corrected chi connectivity index (χ1v) is 6.89. The summed E-state index contributed by atoms with van der Waals surface area (Å²) in [5, 5.41) is 5.65. The summed E-state index contributed by atoms with van der Waals surface area (Å²) < 4.78 is 5.61. The molecule has 1 atom stereocenters. The fraction of sp³-hybridized carbons (Fsp3) is 0.133. The number of para-hydroxylation sites is 2. The van der Waals surface area contributed by atoms with Crippen LogP contribution >= 0.6 is 11.6 Å². The fourth-order valence-corrected chi connectivity index (χ4v) is 2.11. The number of rotatable bonds is 2. The maximum Gasteiger partial charge on any atom is 0.279 e. The number of fused-ring (bicyclic) bond motifs is 1. The van der Waals surface area contributed by atoms with E-state index in [0.717, 1.165) is 0 Å². The van der Waals surface area contributed by atoms with Crippen LogP contribution < -0.4 is 15.4 Å². The molecule has 0 bridgehead atoms. The lowest BCUT2D eigenvalue weighted by molar-refractivity contribution is -0.143. The number of carbonyl (C=O) groups excluding carboxylic acids is 2. The molecule has 0 radical (unpaired) electrons. The fourth-order valence-electron chi connectivity index (χ4n) is 2.00. The predicted octanol–water partition coefficient (Wildman–Crippen LogP) is 2.46. The van der Waals surface area contributed by atoms with Gasteiger partial charge >= 0.3 is 0 Å². The first-order valence-electron chi connectivity index (χ1n) is 6.51. The number of pyridine rings is 1. The highest BCUT2D eigenvalue weighted by Gasteiger charge is 2.47. The number of hydrogen-bond donors (Lipinski definition) is 2. The van der Waals surface area contributed by atoms with Crippen LogP contribution in [0.25, 0.3) is 0 Å². The van der Waals surface area contributed by atoms with Crippen LogP contribution in [0, 0.1) is 0 Å². The molecule has 0 spiro atoms. The topological polar surface area (TPSA) is 80.3 Å². The van der Waals surface area contributed by atoms with E-state index in [1.54, 1.807) is 30.3 Å². The number of carbonyl (C=O) groups is 2. The van der Waals surface area contributed by atoms with Crippen LogP contribution in [0.15, 0.2) is 42.6 Å². The van der Waals surface area contributed by atoms with Crippen LogP contribution in [0.1, 0.15) is 6.92 Å². The Morgan fingerprint density at radius 3 is 2.82 bits per heavy atom. The number of ether oxygens (including phenoxy) is 1. The molecule has 3 rings (SSSR count). The molecule has 22 heavy (non-hydrogen) atoms. The molecule has 2 aromatic rings. The number of aromatic nitrogens is 1. The number of benzene rings is 1. The smallest absolute Gasteiger partial charge is 0.279 e. The van der Waals surface area contributed by atoms with E-state index in [9.17, 15) is 9.59 Å². The second kappa shape index (κ2) is 5.31. The van der Waals surface area contributed by atoms with Gasteiger partial charge in [0, 0.05) is 6.20 Å². The maximum absolute atomic E-state index is 12.4. The normalized spacial score (nSPS) is 19.6. The van der Waals surface area contributed by atoms with E-state index in [1.165, 1.54) is 19.2 Å². The van der Waals surface area contributed by atoms with Gasteiger partial charge < -0.3 is 15.4 Å². The number of amides is 2. The summed E-state index contributed by atoms with van der Waals surface area (Å²) in [6.07, 6.45) is 1.40. The molecule has 0 aliphatic carbocycles. The zero-order valence-corrected chi connectivity index (χ0v) is 12.3. The van der Waals surface area contributed by atoms with Crippen molar-refractivity contribution in [2.45, 2.75) is 12.5 Å². The second-order valence-corrected chi connectivity index (χ2v) is 5.34. The summed E-state index contributed by atoms with van der Waals surface area (Å²) in [7, 11) is 0. The van der Waals surface area contributed by atoms with Crippen molar-refractivity contribution in [2.24, 2.45) is 0 Å². The van der Waals surface area contributed by atoms with E-state index in [0.29, 0.717) is 16.5 Å². The molecular weight excluding hydrogens is 306 g/mol. The van der Waals surface area contributed by atoms with Crippen LogP contribution in [0.2, 0.25) is 5.02 Å².